The molecule has 1 unspecified atom stereocenters. The summed E-state index contributed by atoms with van der Waals surface area (Å²) in [5.41, 5.74) is 1.43. The molecule has 0 saturated carbocycles. The lowest BCUT2D eigenvalue weighted by Gasteiger charge is -2.14. The molecule has 2 heteroatoms. The monoisotopic (exact) mass is 197 g/mol. The second-order valence-corrected chi connectivity index (χ2v) is 5.52. The topological polar surface area (TPSA) is 12.9 Å². The molecule has 1 aromatic heterocycles. The van der Waals surface area contributed by atoms with E-state index < -0.39 is 0 Å². The van der Waals surface area contributed by atoms with Gasteiger partial charge in [-0.05, 0) is 6.42 Å². The third kappa shape index (κ3) is 2.53. The fraction of sp³-hybridized carbons (Fsp3) is 0.727. The van der Waals surface area contributed by atoms with Crippen LogP contribution < -0.4 is 0 Å². The van der Waals surface area contributed by atoms with Gasteiger partial charge in [0.15, 0.2) is 0 Å². The summed E-state index contributed by atoms with van der Waals surface area (Å²) in [6, 6.07) is 0. The Kier molecular flexibility index (Phi) is 3.12. The van der Waals surface area contributed by atoms with Gasteiger partial charge in [0.1, 0.15) is 0 Å². The SMILES string of the molecule is CCC(C)c1nc(C(C)(C)C)cs1. The Morgan fingerprint density at radius 3 is 2.46 bits per heavy atom. The highest BCUT2D eigenvalue weighted by molar-refractivity contribution is 7.09. The third-order valence-corrected chi connectivity index (χ3v) is 3.40. The van der Waals surface area contributed by atoms with E-state index in [9.17, 15) is 0 Å². The molecule has 1 heterocycles. The minimum Gasteiger partial charge on any atom is -0.245 e. The van der Waals surface area contributed by atoms with Crippen LogP contribution in [0.1, 0.15) is 57.7 Å². The third-order valence-electron chi connectivity index (χ3n) is 2.32. The van der Waals surface area contributed by atoms with Gasteiger partial charge < -0.3 is 0 Å². The van der Waals surface area contributed by atoms with Gasteiger partial charge in [0.25, 0.3) is 0 Å². The van der Waals surface area contributed by atoms with E-state index in [1.165, 1.54) is 17.1 Å². The van der Waals surface area contributed by atoms with Crippen molar-refractivity contribution < 1.29 is 0 Å². The van der Waals surface area contributed by atoms with Crippen LogP contribution in [0.2, 0.25) is 0 Å². The van der Waals surface area contributed by atoms with Crippen molar-refractivity contribution in [3.05, 3.63) is 16.1 Å². The van der Waals surface area contributed by atoms with E-state index in [1.807, 2.05) is 0 Å². The highest BCUT2D eigenvalue weighted by Crippen LogP contribution is 2.28. The molecule has 0 spiro atoms. The summed E-state index contributed by atoms with van der Waals surface area (Å²) in [6.07, 6.45) is 1.18. The quantitative estimate of drug-likeness (QED) is 0.699. The van der Waals surface area contributed by atoms with Crippen molar-refractivity contribution in [3.63, 3.8) is 0 Å². The fourth-order valence-corrected chi connectivity index (χ4v) is 2.22. The van der Waals surface area contributed by atoms with Gasteiger partial charge in [0, 0.05) is 16.7 Å². The molecule has 74 valence electrons. The van der Waals surface area contributed by atoms with E-state index in [1.54, 1.807) is 11.3 Å². The lowest BCUT2D eigenvalue weighted by atomic mass is 9.93. The first-order valence-electron chi connectivity index (χ1n) is 4.91. The average molecular weight is 197 g/mol. The van der Waals surface area contributed by atoms with E-state index in [4.69, 9.17) is 0 Å². The zero-order valence-electron chi connectivity index (χ0n) is 9.22. The molecule has 13 heavy (non-hydrogen) atoms. The molecule has 0 N–H and O–H groups in total. The Labute approximate surface area is 85.2 Å². The average Bonchev–Trinajstić information content (AvgIpc) is 2.50. The fourth-order valence-electron chi connectivity index (χ4n) is 1.03. The number of hydrogen-bond donors (Lipinski definition) is 0. The van der Waals surface area contributed by atoms with E-state index in [0.717, 1.165) is 0 Å². The predicted octanol–water partition coefficient (Wildman–Crippen LogP) is 3.95. The largest absolute Gasteiger partial charge is 0.245 e. The van der Waals surface area contributed by atoms with Gasteiger partial charge in [0.05, 0.1) is 10.7 Å². The van der Waals surface area contributed by atoms with E-state index in [0.29, 0.717) is 5.92 Å². The van der Waals surface area contributed by atoms with Crippen LogP contribution in [0.4, 0.5) is 0 Å². The minimum absolute atomic E-state index is 0.197. The van der Waals surface area contributed by atoms with Crippen LogP contribution in [-0.4, -0.2) is 4.98 Å². The molecule has 0 aliphatic carbocycles. The molecule has 0 amide bonds. The normalized spacial score (nSPS) is 14.5. The summed E-state index contributed by atoms with van der Waals surface area (Å²) < 4.78 is 0. The molecular formula is C11H19NS. The summed E-state index contributed by atoms with van der Waals surface area (Å²) in [5, 5.41) is 3.48. The van der Waals surface area contributed by atoms with Gasteiger partial charge >= 0.3 is 0 Å². The van der Waals surface area contributed by atoms with Crippen LogP contribution in [0.3, 0.4) is 0 Å². The predicted molar refractivity (Wildman–Crippen MR) is 59.5 cm³/mol. The van der Waals surface area contributed by atoms with Gasteiger partial charge in [-0.2, -0.15) is 0 Å². The molecule has 1 aromatic rings. The number of hydrogen-bond acceptors (Lipinski definition) is 2. The maximum atomic E-state index is 4.67. The summed E-state index contributed by atoms with van der Waals surface area (Å²) in [5.74, 6) is 0.612. The van der Waals surface area contributed by atoms with E-state index in [-0.39, 0.29) is 5.41 Å². The van der Waals surface area contributed by atoms with Crippen LogP contribution >= 0.6 is 11.3 Å². The highest BCUT2D eigenvalue weighted by Gasteiger charge is 2.18. The first kappa shape index (κ1) is 10.7. The lowest BCUT2D eigenvalue weighted by molar-refractivity contribution is 0.567. The zero-order chi connectivity index (χ0) is 10.1. The second-order valence-electron chi connectivity index (χ2n) is 4.63. The van der Waals surface area contributed by atoms with Crippen LogP contribution in [0.15, 0.2) is 5.38 Å². The molecule has 0 radical (unpaired) electrons. The molecule has 0 fully saturated rings. The van der Waals surface area contributed by atoms with Gasteiger partial charge in [-0.1, -0.05) is 34.6 Å². The number of aromatic nitrogens is 1. The Hall–Kier alpha value is -0.370. The maximum absolute atomic E-state index is 4.67. The van der Waals surface area contributed by atoms with Gasteiger partial charge in [-0.25, -0.2) is 4.98 Å². The summed E-state index contributed by atoms with van der Waals surface area (Å²) >= 11 is 1.80. The molecule has 0 bridgehead atoms. The van der Waals surface area contributed by atoms with Crippen LogP contribution in [0.5, 0.6) is 0 Å². The highest BCUT2D eigenvalue weighted by atomic mass is 32.1. The Bertz CT molecular complexity index is 270. The van der Waals surface area contributed by atoms with Gasteiger partial charge in [-0.15, -0.1) is 11.3 Å². The van der Waals surface area contributed by atoms with Crippen LogP contribution in [0, 0.1) is 0 Å². The Morgan fingerprint density at radius 2 is 2.08 bits per heavy atom. The maximum Gasteiger partial charge on any atom is 0.0956 e. The van der Waals surface area contributed by atoms with E-state index >= 15 is 0 Å². The van der Waals surface area contributed by atoms with Crippen molar-refractivity contribution in [2.75, 3.05) is 0 Å². The van der Waals surface area contributed by atoms with Crippen molar-refractivity contribution in [2.45, 2.75) is 52.4 Å². The second kappa shape index (κ2) is 3.79. The van der Waals surface area contributed by atoms with Crippen molar-refractivity contribution in [1.29, 1.82) is 0 Å². The van der Waals surface area contributed by atoms with Crippen LogP contribution in [-0.2, 0) is 5.41 Å². The summed E-state index contributed by atoms with van der Waals surface area (Å²) in [7, 11) is 0. The molecule has 0 aliphatic heterocycles. The first-order chi connectivity index (χ1) is 5.95. The van der Waals surface area contributed by atoms with Crippen molar-refractivity contribution in [1.82, 2.24) is 4.98 Å². The van der Waals surface area contributed by atoms with Crippen LogP contribution in [0.25, 0.3) is 0 Å². The number of thiazole rings is 1. The van der Waals surface area contributed by atoms with Gasteiger partial charge in [0.2, 0.25) is 0 Å². The zero-order valence-corrected chi connectivity index (χ0v) is 10.0. The summed E-state index contributed by atoms with van der Waals surface area (Å²) in [6.45, 7) is 11.1. The van der Waals surface area contributed by atoms with E-state index in [2.05, 4.69) is 45.0 Å². The number of rotatable bonds is 2. The lowest BCUT2D eigenvalue weighted by Crippen LogP contribution is -2.11. The Morgan fingerprint density at radius 1 is 1.46 bits per heavy atom. The Balaban J connectivity index is 2.87. The van der Waals surface area contributed by atoms with Crippen molar-refractivity contribution in [2.24, 2.45) is 0 Å². The molecule has 1 rings (SSSR count). The molecule has 0 saturated heterocycles. The van der Waals surface area contributed by atoms with Gasteiger partial charge in [-0.3, -0.25) is 0 Å². The molecule has 0 aromatic carbocycles. The smallest absolute Gasteiger partial charge is 0.0956 e. The molecule has 0 aliphatic rings. The van der Waals surface area contributed by atoms with Crippen molar-refractivity contribution in [3.8, 4) is 0 Å². The minimum atomic E-state index is 0.197. The standard InChI is InChI=1S/C11H19NS/c1-6-8(2)10-12-9(7-13-10)11(3,4)5/h7-8H,6H2,1-5H3. The summed E-state index contributed by atoms with van der Waals surface area (Å²) in [4.78, 5) is 4.67. The number of nitrogens with zero attached hydrogens (tertiary/aromatic N) is 1. The van der Waals surface area contributed by atoms with Crippen molar-refractivity contribution >= 4 is 11.3 Å². The molecule has 1 nitrogen and oxygen atoms in total. The first-order valence-corrected chi connectivity index (χ1v) is 5.79. The molecule has 1 atom stereocenters. The molecular weight excluding hydrogens is 178 g/mol.